The van der Waals surface area contributed by atoms with Crippen LogP contribution in [0.1, 0.15) is 51.9 Å². The van der Waals surface area contributed by atoms with E-state index < -0.39 is 0 Å². The summed E-state index contributed by atoms with van der Waals surface area (Å²) in [6.45, 7) is 2.16. The Morgan fingerprint density at radius 1 is 0.875 bits per heavy atom. The third kappa shape index (κ3) is 11.5. The SMILES string of the molecule is CC/C=C\CC/C=C/C=C\C/C=C\C/C=C\C=C\[C@H]1CCC(=O)O1. The second kappa shape index (κ2) is 14.5. The van der Waals surface area contributed by atoms with E-state index in [1.54, 1.807) is 0 Å². The van der Waals surface area contributed by atoms with Crippen LogP contribution in [-0.4, -0.2) is 12.1 Å². The molecule has 1 atom stereocenters. The van der Waals surface area contributed by atoms with E-state index in [-0.39, 0.29) is 12.1 Å². The summed E-state index contributed by atoms with van der Waals surface area (Å²) in [4.78, 5) is 10.9. The Morgan fingerprint density at radius 3 is 2.21 bits per heavy atom. The van der Waals surface area contributed by atoms with E-state index in [2.05, 4.69) is 61.6 Å². The van der Waals surface area contributed by atoms with Crippen molar-refractivity contribution in [2.24, 2.45) is 0 Å². The third-order valence-electron chi connectivity index (χ3n) is 3.49. The molecule has 1 aliphatic rings. The quantitative estimate of drug-likeness (QED) is 0.201. The molecular weight excluding hydrogens is 296 g/mol. The zero-order chi connectivity index (χ0) is 17.3. The van der Waals surface area contributed by atoms with Gasteiger partial charge in [0.2, 0.25) is 0 Å². The fraction of sp³-hybridized carbons (Fsp3) is 0.409. The monoisotopic (exact) mass is 326 g/mol. The molecule has 0 unspecified atom stereocenters. The van der Waals surface area contributed by atoms with Crippen molar-refractivity contribution in [3.8, 4) is 0 Å². The van der Waals surface area contributed by atoms with Gasteiger partial charge in [-0.3, -0.25) is 4.79 Å². The van der Waals surface area contributed by atoms with Gasteiger partial charge >= 0.3 is 5.97 Å². The van der Waals surface area contributed by atoms with E-state index in [4.69, 9.17) is 4.74 Å². The molecule has 0 aromatic rings. The molecule has 0 aromatic carbocycles. The first kappa shape index (κ1) is 20.0. The molecule has 24 heavy (non-hydrogen) atoms. The number of carbonyl (C=O) groups excluding carboxylic acids is 1. The number of hydrogen-bond donors (Lipinski definition) is 0. The molecule has 1 saturated heterocycles. The maximum absolute atomic E-state index is 10.9. The van der Waals surface area contributed by atoms with Crippen LogP contribution in [0.5, 0.6) is 0 Å². The van der Waals surface area contributed by atoms with Crippen molar-refractivity contribution >= 4 is 5.97 Å². The smallest absolute Gasteiger partial charge is 0.306 e. The van der Waals surface area contributed by atoms with Gasteiger partial charge in [-0.2, -0.15) is 0 Å². The van der Waals surface area contributed by atoms with E-state index in [0.717, 1.165) is 38.5 Å². The Balaban J connectivity index is 2.00. The molecule has 0 saturated carbocycles. The maximum atomic E-state index is 10.9. The van der Waals surface area contributed by atoms with Gasteiger partial charge in [0.1, 0.15) is 6.10 Å². The van der Waals surface area contributed by atoms with E-state index >= 15 is 0 Å². The van der Waals surface area contributed by atoms with Crippen LogP contribution in [0.15, 0.2) is 72.9 Å². The molecule has 1 aliphatic heterocycles. The van der Waals surface area contributed by atoms with E-state index in [9.17, 15) is 4.79 Å². The van der Waals surface area contributed by atoms with E-state index in [1.165, 1.54) is 0 Å². The zero-order valence-corrected chi connectivity index (χ0v) is 14.8. The lowest BCUT2D eigenvalue weighted by atomic mass is 10.2. The largest absolute Gasteiger partial charge is 0.458 e. The Hall–Kier alpha value is -2.09. The first-order chi connectivity index (χ1) is 11.8. The number of allylic oxidation sites excluding steroid dienone is 11. The minimum absolute atomic E-state index is 0.0291. The molecule has 2 heteroatoms. The number of esters is 1. The van der Waals surface area contributed by atoms with Gasteiger partial charge in [0.05, 0.1) is 0 Å². The third-order valence-corrected chi connectivity index (χ3v) is 3.49. The summed E-state index contributed by atoms with van der Waals surface area (Å²) in [6.07, 6.45) is 31.9. The van der Waals surface area contributed by atoms with Gasteiger partial charge in [-0.1, -0.05) is 73.8 Å². The van der Waals surface area contributed by atoms with Gasteiger partial charge < -0.3 is 4.74 Å². The van der Waals surface area contributed by atoms with Crippen LogP contribution >= 0.6 is 0 Å². The first-order valence-electron chi connectivity index (χ1n) is 8.97. The van der Waals surface area contributed by atoms with Crippen LogP contribution in [0.3, 0.4) is 0 Å². The first-order valence-corrected chi connectivity index (χ1v) is 8.97. The van der Waals surface area contributed by atoms with Crippen molar-refractivity contribution in [1.82, 2.24) is 0 Å². The minimum Gasteiger partial charge on any atom is -0.458 e. The number of hydrogen-bond acceptors (Lipinski definition) is 2. The molecule has 0 aromatic heterocycles. The van der Waals surface area contributed by atoms with E-state index in [1.807, 2.05) is 18.2 Å². The normalized spacial score (nSPS) is 19.4. The second-order valence-electron chi connectivity index (χ2n) is 5.64. The second-order valence-corrected chi connectivity index (χ2v) is 5.64. The number of ether oxygens (including phenoxy) is 1. The van der Waals surface area contributed by atoms with Crippen molar-refractivity contribution in [2.75, 3.05) is 0 Å². The molecule has 0 spiro atoms. The molecule has 130 valence electrons. The van der Waals surface area contributed by atoms with Crippen molar-refractivity contribution in [1.29, 1.82) is 0 Å². The molecule has 2 nitrogen and oxygen atoms in total. The van der Waals surface area contributed by atoms with E-state index in [0.29, 0.717) is 6.42 Å². The number of rotatable bonds is 11. The Morgan fingerprint density at radius 2 is 1.54 bits per heavy atom. The molecular formula is C22H30O2. The zero-order valence-electron chi connectivity index (χ0n) is 14.8. The van der Waals surface area contributed by atoms with Crippen LogP contribution < -0.4 is 0 Å². The standard InChI is InChI=1S/C22H30O2/c1-2-3-4-5-6-7-8-9-10-11-12-13-14-15-16-17-18-21-19-20-22(23)24-21/h3-4,7-10,12-13,15-18,21H,2,5-6,11,14,19-20H2,1H3/b4-3-,8-7+,10-9-,13-12-,16-15-,18-17+/t21-/m0/s1. The molecule has 0 aliphatic carbocycles. The van der Waals surface area contributed by atoms with Gasteiger partial charge in [-0.05, 0) is 44.6 Å². The van der Waals surface area contributed by atoms with Crippen molar-refractivity contribution in [3.05, 3.63) is 72.9 Å². The highest BCUT2D eigenvalue weighted by Gasteiger charge is 2.19. The van der Waals surface area contributed by atoms with Gasteiger partial charge in [0.15, 0.2) is 0 Å². The average Bonchev–Trinajstić information content (AvgIpc) is 3.00. The number of cyclic esters (lactones) is 1. The topological polar surface area (TPSA) is 26.3 Å². The van der Waals surface area contributed by atoms with Crippen LogP contribution in [0.25, 0.3) is 0 Å². The minimum atomic E-state index is -0.0900. The van der Waals surface area contributed by atoms with Crippen molar-refractivity contribution in [3.63, 3.8) is 0 Å². The molecule has 1 heterocycles. The van der Waals surface area contributed by atoms with Crippen LogP contribution in [-0.2, 0) is 9.53 Å². The molecule has 1 fully saturated rings. The predicted octanol–water partition coefficient (Wildman–Crippen LogP) is 6.00. The van der Waals surface area contributed by atoms with Gasteiger partial charge in [-0.15, -0.1) is 0 Å². The summed E-state index contributed by atoms with van der Waals surface area (Å²) in [5, 5.41) is 0. The fourth-order valence-corrected chi connectivity index (χ4v) is 2.19. The summed E-state index contributed by atoms with van der Waals surface area (Å²) >= 11 is 0. The summed E-state index contributed by atoms with van der Waals surface area (Å²) in [5.41, 5.74) is 0. The Bertz CT molecular complexity index is 504. The molecule has 0 N–H and O–H groups in total. The van der Waals surface area contributed by atoms with Crippen molar-refractivity contribution < 1.29 is 9.53 Å². The fourth-order valence-electron chi connectivity index (χ4n) is 2.19. The van der Waals surface area contributed by atoms with Crippen LogP contribution in [0, 0.1) is 0 Å². The summed E-state index contributed by atoms with van der Waals surface area (Å²) in [5.74, 6) is -0.0900. The lowest BCUT2D eigenvalue weighted by molar-refractivity contribution is -0.139. The summed E-state index contributed by atoms with van der Waals surface area (Å²) in [7, 11) is 0. The Labute approximate surface area is 147 Å². The maximum Gasteiger partial charge on any atom is 0.306 e. The average molecular weight is 326 g/mol. The highest BCUT2D eigenvalue weighted by molar-refractivity contribution is 5.71. The number of unbranched alkanes of at least 4 members (excludes halogenated alkanes) is 1. The van der Waals surface area contributed by atoms with Crippen molar-refractivity contribution in [2.45, 2.75) is 58.0 Å². The lowest BCUT2D eigenvalue weighted by Crippen LogP contribution is -2.01. The summed E-state index contributed by atoms with van der Waals surface area (Å²) in [6, 6.07) is 0. The van der Waals surface area contributed by atoms with Crippen LogP contribution in [0.2, 0.25) is 0 Å². The van der Waals surface area contributed by atoms with Gasteiger partial charge in [0, 0.05) is 6.42 Å². The van der Waals surface area contributed by atoms with Gasteiger partial charge in [0.25, 0.3) is 0 Å². The predicted molar refractivity (Wildman–Crippen MR) is 103 cm³/mol. The molecule has 1 rings (SSSR count). The summed E-state index contributed by atoms with van der Waals surface area (Å²) < 4.78 is 5.10. The molecule has 0 amide bonds. The highest BCUT2D eigenvalue weighted by Crippen LogP contribution is 2.14. The molecule has 0 radical (unpaired) electrons. The number of carbonyl (C=O) groups is 1. The lowest BCUT2D eigenvalue weighted by Gasteiger charge is -1.99. The van der Waals surface area contributed by atoms with Crippen LogP contribution in [0.4, 0.5) is 0 Å². The highest BCUT2D eigenvalue weighted by atomic mass is 16.5. The Kier molecular flexibility index (Phi) is 12.1. The van der Waals surface area contributed by atoms with Gasteiger partial charge in [-0.25, -0.2) is 0 Å². The molecule has 0 bridgehead atoms.